The van der Waals surface area contributed by atoms with Gasteiger partial charge in [-0.05, 0) is 64.2 Å². The van der Waals surface area contributed by atoms with Gasteiger partial charge < -0.3 is 10.6 Å². The minimum absolute atomic E-state index is 0.0516. The fourth-order valence-electron chi connectivity index (χ4n) is 3.35. The lowest BCUT2D eigenvalue weighted by atomic mass is 9.97. The summed E-state index contributed by atoms with van der Waals surface area (Å²) in [5.74, 6) is -3.37. The normalized spacial score (nSPS) is 15.7. The minimum atomic E-state index is -4.66. The average Bonchev–Trinajstić information content (AvgIpc) is 3.55. The van der Waals surface area contributed by atoms with Crippen LogP contribution in [0.3, 0.4) is 0 Å². The average molecular weight is 635 g/mol. The van der Waals surface area contributed by atoms with E-state index in [1.807, 2.05) is 0 Å². The van der Waals surface area contributed by atoms with Crippen molar-refractivity contribution in [2.75, 3.05) is 6.54 Å². The number of allylic oxidation sites excluding steroid dienone is 1. The van der Waals surface area contributed by atoms with Gasteiger partial charge in [-0.15, -0.1) is 0 Å². The Morgan fingerprint density at radius 1 is 1.08 bits per heavy atom. The summed E-state index contributed by atoms with van der Waals surface area (Å²) in [6.07, 6.45) is -4.64. The molecule has 2 amide bonds. The third kappa shape index (κ3) is 6.90. The number of nitrogens with one attached hydrogen (secondary N) is 2. The standard InChI is InChI=1S/C23H17BrCl3F5N2O2/c24-15-7-11(2-4-14(23(30,31)32)12-8-16(25)19(27)17(26)9-12)1-3-13(15)20(35)34-22(5-6-22)21(36)33-10-18(28)29/h1-4,7-9,14,18H,5-6,10H2,(H,33,36)(H,34,35)/b4-2+. The lowest BCUT2D eigenvalue weighted by molar-refractivity contribution is -0.139. The van der Waals surface area contributed by atoms with E-state index in [1.165, 1.54) is 24.3 Å². The number of hydrogen-bond donors (Lipinski definition) is 2. The molecular formula is C23H17BrCl3F5N2O2. The summed E-state index contributed by atoms with van der Waals surface area (Å²) in [5.41, 5.74) is -1.00. The molecule has 1 saturated carbocycles. The van der Waals surface area contributed by atoms with Crippen LogP contribution >= 0.6 is 50.7 Å². The number of rotatable bonds is 8. The van der Waals surface area contributed by atoms with Crippen LogP contribution in [0.2, 0.25) is 15.1 Å². The highest BCUT2D eigenvalue weighted by Gasteiger charge is 2.51. The molecule has 0 saturated heterocycles. The van der Waals surface area contributed by atoms with Gasteiger partial charge in [0.1, 0.15) is 5.54 Å². The van der Waals surface area contributed by atoms with Crippen LogP contribution in [0.25, 0.3) is 6.08 Å². The first kappa shape index (κ1) is 28.7. The van der Waals surface area contributed by atoms with Gasteiger partial charge in [-0.25, -0.2) is 8.78 Å². The van der Waals surface area contributed by atoms with Crippen molar-refractivity contribution in [3.05, 3.63) is 72.6 Å². The summed E-state index contributed by atoms with van der Waals surface area (Å²) < 4.78 is 66.2. The number of carbonyl (C=O) groups is 2. The third-order valence-electron chi connectivity index (χ3n) is 5.39. The van der Waals surface area contributed by atoms with Gasteiger partial charge in [-0.1, -0.05) is 53.0 Å². The second kappa shape index (κ2) is 11.2. The van der Waals surface area contributed by atoms with E-state index in [-0.39, 0.29) is 30.7 Å². The van der Waals surface area contributed by atoms with E-state index in [4.69, 9.17) is 34.8 Å². The highest BCUT2D eigenvalue weighted by Crippen LogP contribution is 2.41. The maximum atomic E-state index is 13.7. The van der Waals surface area contributed by atoms with Gasteiger partial charge >= 0.3 is 6.18 Å². The third-order valence-corrected chi connectivity index (χ3v) is 7.24. The fourth-order valence-corrected chi connectivity index (χ4v) is 4.54. The smallest absolute Gasteiger partial charge is 0.348 e. The topological polar surface area (TPSA) is 58.2 Å². The molecule has 0 heterocycles. The Morgan fingerprint density at radius 2 is 1.69 bits per heavy atom. The Labute approximate surface area is 226 Å². The zero-order valence-electron chi connectivity index (χ0n) is 18.0. The second-order valence-corrected chi connectivity index (χ2v) is 10.1. The summed E-state index contributed by atoms with van der Waals surface area (Å²) in [6, 6.07) is 6.39. The molecule has 1 aliphatic carbocycles. The molecule has 1 fully saturated rings. The van der Waals surface area contributed by atoms with Crippen molar-refractivity contribution in [3.8, 4) is 0 Å². The molecule has 3 rings (SSSR count). The zero-order valence-corrected chi connectivity index (χ0v) is 21.9. The van der Waals surface area contributed by atoms with Gasteiger partial charge in [-0.2, -0.15) is 13.2 Å². The van der Waals surface area contributed by atoms with Gasteiger partial charge in [0.05, 0.1) is 33.1 Å². The Kier molecular flexibility index (Phi) is 8.96. The monoisotopic (exact) mass is 632 g/mol. The summed E-state index contributed by atoms with van der Waals surface area (Å²) >= 11 is 20.8. The molecule has 4 nitrogen and oxygen atoms in total. The van der Waals surface area contributed by atoms with Crippen LogP contribution in [0, 0.1) is 0 Å². The molecule has 194 valence electrons. The molecule has 0 bridgehead atoms. The van der Waals surface area contributed by atoms with Gasteiger partial charge in [0.25, 0.3) is 12.3 Å². The lowest BCUT2D eigenvalue weighted by Gasteiger charge is -2.19. The predicted octanol–water partition coefficient (Wildman–Crippen LogP) is 7.41. The number of amides is 2. The van der Waals surface area contributed by atoms with E-state index in [2.05, 4.69) is 26.6 Å². The first-order valence-electron chi connectivity index (χ1n) is 10.3. The first-order valence-corrected chi connectivity index (χ1v) is 12.2. The molecule has 13 heteroatoms. The molecule has 0 aromatic heterocycles. The van der Waals surface area contributed by atoms with Crippen LogP contribution in [0.1, 0.15) is 40.2 Å². The van der Waals surface area contributed by atoms with Crippen molar-refractivity contribution < 1.29 is 31.5 Å². The molecule has 0 radical (unpaired) electrons. The zero-order chi connectivity index (χ0) is 26.8. The number of alkyl halides is 5. The molecule has 0 spiro atoms. The largest absolute Gasteiger partial charge is 0.399 e. The van der Waals surface area contributed by atoms with E-state index in [1.54, 1.807) is 0 Å². The Bertz CT molecular complexity index is 1180. The number of hydrogen-bond acceptors (Lipinski definition) is 2. The van der Waals surface area contributed by atoms with E-state index in [0.717, 1.165) is 18.2 Å². The molecule has 0 aliphatic heterocycles. The number of halogens is 9. The fraction of sp³-hybridized carbons (Fsp3) is 0.304. The maximum Gasteiger partial charge on any atom is 0.399 e. The highest BCUT2D eigenvalue weighted by atomic mass is 79.9. The first-order chi connectivity index (χ1) is 16.7. The number of carbonyl (C=O) groups excluding carboxylic acids is 2. The lowest BCUT2D eigenvalue weighted by Crippen LogP contribution is -2.50. The Hall–Kier alpha value is -1.88. The molecular weight excluding hydrogens is 618 g/mol. The predicted molar refractivity (Wildman–Crippen MR) is 132 cm³/mol. The van der Waals surface area contributed by atoms with Gasteiger partial charge in [0.2, 0.25) is 5.91 Å². The molecule has 1 atom stereocenters. The Morgan fingerprint density at radius 3 is 2.19 bits per heavy atom. The SMILES string of the molecule is O=C(NC1(C(=O)NCC(F)F)CC1)c1ccc(/C=C/C(c2cc(Cl)c(Cl)c(Cl)c2)C(F)(F)F)cc1Br. The van der Waals surface area contributed by atoms with Crippen LogP contribution in [-0.4, -0.2) is 36.5 Å². The summed E-state index contributed by atoms with van der Waals surface area (Å²) in [6.45, 7) is -0.825. The second-order valence-electron chi connectivity index (χ2n) is 8.05. The maximum absolute atomic E-state index is 13.7. The molecule has 1 unspecified atom stereocenters. The highest BCUT2D eigenvalue weighted by molar-refractivity contribution is 9.10. The van der Waals surface area contributed by atoms with Crippen molar-refractivity contribution in [1.82, 2.24) is 10.6 Å². The molecule has 1 aliphatic rings. The van der Waals surface area contributed by atoms with Crippen molar-refractivity contribution in [1.29, 1.82) is 0 Å². The van der Waals surface area contributed by atoms with Gasteiger partial charge in [-0.3, -0.25) is 9.59 Å². The van der Waals surface area contributed by atoms with E-state index < -0.39 is 42.4 Å². The van der Waals surface area contributed by atoms with Crippen LogP contribution in [0.15, 0.2) is 40.9 Å². The van der Waals surface area contributed by atoms with Crippen LogP contribution in [0.4, 0.5) is 22.0 Å². The number of benzene rings is 2. The van der Waals surface area contributed by atoms with Crippen LogP contribution < -0.4 is 10.6 Å². The quantitative estimate of drug-likeness (QED) is 0.235. The van der Waals surface area contributed by atoms with Crippen molar-refractivity contribution in [3.63, 3.8) is 0 Å². The van der Waals surface area contributed by atoms with Crippen molar-refractivity contribution in [2.45, 2.75) is 36.9 Å². The summed E-state index contributed by atoms with van der Waals surface area (Å²) in [7, 11) is 0. The van der Waals surface area contributed by atoms with Gasteiger partial charge in [0, 0.05) is 4.47 Å². The summed E-state index contributed by atoms with van der Waals surface area (Å²) in [5, 5.41) is 4.35. The van der Waals surface area contributed by atoms with E-state index >= 15 is 0 Å². The van der Waals surface area contributed by atoms with Gasteiger partial charge in [0.15, 0.2) is 0 Å². The van der Waals surface area contributed by atoms with E-state index in [9.17, 15) is 31.5 Å². The molecule has 2 N–H and O–H groups in total. The summed E-state index contributed by atoms with van der Waals surface area (Å²) in [4.78, 5) is 24.8. The minimum Gasteiger partial charge on any atom is -0.348 e. The van der Waals surface area contributed by atoms with Crippen LogP contribution in [-0.2, 0) is 4.79 Å². The Balaban J connectivity index is 1.77. The van der Waals surface area contributed by atoms with Crippen LogP contribution in [0.5, 0.6) is 0 Å². The molecule has 2 aromatic carbocycles. The molecule has 2 aromatic rings. The van der Waals surface area contributed by atoms with Crippen molar-refractivity contribution in [2.24, 2.45) is 0 Å². The molecule has 36 heavy (non-hydrogen) atoms. The van der Waals surface area contributed by atoms with E-state index in [0.29, 0.717) is 18.4 Å². The van der Waals surface area contributed by atoms with Crippen molar-refractivity contribution >= 4 is 68.6 Å².